The Kier molecular flexibility index (Phi) is 2.39. The summed E-state index contributed by atoms with van der Waals surface area (Å²) in [6.07, 6.45) is 2.44. The first-order valence-corrected chi connectivity index (χ1v) is 4.53. The maximum absolute atomic E-state index is 10.4. The summed E-state index contributed by atoms with van der Waals surface area (Å²) in [4.78, 5) is 13.4. The van der Waals surface area contributed by atoms with Gasteiger partial charge in [-0.15, -0.1) is 0 Å². The van der Waals surface area contributed by atoms with Crippen molar-refractivity contribution in [1.29, 1.82) is 0 Å². The fourth-order valence-corrected chi connectivity index (χ4v) is 1.36. The summed E-state index contributed by atoms with van der Waals surface area (Å²) in [6, 6.07) is 0. The lowest BCUT2D eigenvalue weighted by Crippen LogP contribution is -1.99. The van der Waals surface area contributed by atoms with Gasteiger partial charge in [0.25, 0.3) is 0 Å². The minimum atomic E-state index is -0.560. The number of nitro groups is 1. The van der Waals surface area contributed by atoms with Crippen LogP contribution in [0, 0.1) is 10.1 Å². The number of halogens is 1. The van der Waals surface area contributed by atoms with Crippen LogP contribution in [0.2, 0.25) is 5.28 Å². The van der Waals surface area contributed by atoms with Crippen LogP contribution in [-0.2, 0) is 11.3 Å². The fourth-order valence-electron chi connectivity index (χ4n) is 1.14. The van der Waals surface area contributed by atoms with Crippen LogP contribution in [0.5, 0.6) is 0 Å². The van der Waals surface area contributed by atoms with Gasteiger partial charge in [0.2, 0.25) is 0 Å². The van der Waals surface area contributed by atoms with E-state index >= 15 is 0 Å². The van der Waals surface area contributed by atoms with Gasteiger partial charge in [-0.2, -0.15) is 0 Å². The van der Waals surface area contributed by atoms with E-state index in [1.165, 1.54) is 6.20 Å². The number of imidazole rings is 1. The van der Waals surface area contributed by atoms with Crippen LogP contribution in [0.15, 0.2) is 6.20 Å². The van der Waals surface area contributed by atoms with Gasteiger partial charge in [0.05, 0.1) is 12.7 Å². The number of aromatic nitrogens is 2. The molecule has 0 unspecified atom stereocenters. The predicted molar refractivity (Wildman–Crippen MR) is 48.2 cm³/mol. The van der Waals surface area contributed by atoms with Crippen LogP contribution >= 0.6 is 11.6 Å². The summed E-state index contributed by atoms with van der Waals surface area (Å²) in [5, 5.41) is 10.5. The van der Waals surface area contributed by atoms with Gasteiger partial charge in [-0.05, 0) is 27.9 Å². The average molecular weight is 218 g/mol. The summed E-state index contributed by atoms with van der Waals surface area (Å²) in [6.45, 7) is 1.37. The van der Waals surface area contributed by atoms with Gasteiger partial charge in [0.15, 0.2) is 0 Å². The number of ether oxygens (including phenoxy) is 1. The lowest BCUT2D eigenvalue weighted by Gasteiger charge is -1.96. The number of aryl methyl sites for hydroxylation is 1. The maximum Gasteiger partial charge on any atom is 0.383 e. The highest BCUT2D eigenvalue weighted by molar-refractivity contribution is 6.28. The first kappa shape index (κ1) is 9.42. The van der Waals surface area contributed by atoms with Crippen LogP contribution in [0.25, 0.3) is 0 Å². The molecule has 0 amide bonds. The zero-order valence-corrected chi connectivity index (χ0v) is 7.98. The molecule has 6 nitrogen and oxygen atoms in total. The molecular weight excluding hydrogens is 210 g/mol. The lowest BCUT2D eigenvalue weighted by atomic mass is 10.3. The van der Waals surface area contributed by atoms with Gasteiger partial charge in [0, 0.05) is 6.54 Å². The molecule has 1 aliphatic heterocycles. The Morgan fingerprint density at radius 2 is 2.57 bits per heavy atom. The Balaban J connectivity index is 2.03. The maximum atomic E-state index is 10.4. The van der Waals surface area contributed by atoms with Gasteiger partial charge in [-0.3, -0.25) is 4.57 Å². The van der Waals surface area contributed by atoms with E-state index in [1.807, 2.05) is 0 Å². The molecule has 1 atom stereocenters. The van der Waals surface area contributed by atoms with Gasteiger partial charge in [-0.25, -0.2) is 0 Å². The zero-order valence-electron chi connectivity index (χ0n) is 7.22. The van der Waals surface area contributed by atoms with Crippen molar-refractivity contribution in [3.8, 4) is 0 Å². The minimum Gasteiger partial charge on any atom is -0.373 e. The highest BCUT2D eigenvalue weighted by atomic mass is 35.5. The lowest BCUT2D eigenvalue weighted by molar-refractivity contribution is -0.389. The molecule has 0 saturated carbocycles. The van der Waals surface area contributed by atoms with E-state index < -0.39 is 4.92 Å². The Morgan fingerprint density at radius 3 is 3.07 bits per heavy atom. The Bertz CT molecular complexity index is 361. The smallest absolute Gasteiger partial charge is 0.373 e. The number of hydrogen-bond donors (Lipinski definition) is 0. The van der Waals surface area contributed by atoms with Gasteiger partial charge in [0.1, 0.15) is 6.20 Å². The number of epoxide rings is 1. The summed E-state index contributed by atoms with van der Waals surface area (Å²) in [5.74, 6) is -0.216. The van der Waals surface area contributed by atoms with Gasteiger partial charge < -0.3 is 14.9 Å². The molecule has 0 bridgehead atoms. The molecule has 2 heterocycles. The minimum absolute atomic E-state index is 0.150. The normalized spacial score (nSPS) is 19.6. The topological polar surface area (TPSA) is 73.5 Å². The van der Waals surface area contributed by atoms with E-state index in [-0.39, 0.29) is 17.2 Å². The molecule has 1 aromatic heterocycles. The summed E-state index contributed by atoms with van der Waals surface area (Å²) < 4.78 is 6.57. The predicted octanol–water partition coefficient (Wildman–Crippen LogP) is 1.23. The van der Waals surface area contributed by atoms with Gasteiger partial charge >= 0.3 is 11.1 Å². The third kappa shape index (κ3) is 2.02. The van der Waals surface area contributed by atoms with E-state index in [2.05, 4.69) is 4.98 Å². The molecule has 1 fully saturated rings. The largest absolute Gasteiger partial charge is 0.383 e. The summed E-state index contributed by atoms with van der Waals surface area (Å²) >= 11 is 5.70. The van der Waals surface area contributed by atoms with E-state index in [1.54, 1.807) is 4.57 Å². The molecule has 0 aromatic carbocycles. The fraction of sp³-hybridized carbons (Fsp3) is 0.571. The zero-order chi connectivity index (χ0) is 10.1. The first-order valence-electron chi connectivity index (χ1n) is 4.15. The first-order chi connectivity index (χ1) is 6.66. The van der Waals surface area contributed by atoms with Crippen LogP contribution in [0.4, 0.5) is 5.82 Å². The third-order valence-corrected chi connectivity index (χ3v) is 2.30. The highest BCUT2D eigenvalue weighted by Gasteiger charge is 2.23. The molecule has 0 spiro atoms. The van der Waals surface area contributed by atoms with Crippen molar-refractivity contribution in [2.75, 3.05) is 6.61 Å². The second-order valence-electron chi connectivity index (χ2n) is 3.06. The number of rotatable bonds is 4. The summed E-state index contributed by atoms with van der Waals surface area (Å²) in [5.41, 5.74) is 0. The van der Waals surface area contributed by atoms with Crippen molar-refractivity contribution in [1.82, 2.24) is 9.55 Å². The van der Waals surface area contributed by atoms with Gasteiger partial charge in [-0.1, -0.05) is 0 Å². The molecule has 14 heavy (non-hydrogen) atoms. The van der Waals surface area contributed by atoms with E-state index in [9.17, 15) is 10.1 Å². The van der Waals surface area contributed by atoms with Crippen LogP contribution in [0.1, 0.15) is 6.42 Å². The molecule has 1 saturated heterocycles. The Labute approximate surface area is 84.6 Å². The second-order valence-corrected chi connectivity index (χ2v) is 3.40. The Hall–Kier alpha value is -1.14. The van der Waals surface area contributed by atoms with Crippen molar-refractivity contribution in [2.24, 2.45) is 0 Å². The van der Waals surface area contributed by atoms with Crippen molar-refractivity contribution >= 4 is 17.4 Å². The highest BCUT2D eigenvalue weighted by Crippen LogP contribution is 2.19. The third-order valence-electron chi connectivity index (χ3n) is 2.00. The molecule has 2 rings (SSSR count). The molecule has 0 N–H and O–H groups in total. The molecule has 0 radical (unpaired) electrons. The van der Waals surface area contributed by atoms with Crippen LogP contribution < -0.4 is 0 Å². The Morgan fingerprint density at radius 1 is 1.86 bits per heavy atom. The average Bonchev–Trinajstić information content (AvgIpc) is 2.87. The SMILES string of the molecule is O=[N+]([O-])c1cn(CC[C@H]2CO2)c(Cl)n1. The number of hydrogen-bond acceptors (Lipinski definition) is 4. The van der Waals surface area contributed by atoms with E-state index in [0.29, 0.717) is 6.54 Å². The van der Waals surface area contributed by atoms with Crippen molar-refractivity contribution in [3.05, 3.63) is 21.6 Å². The molecular formula is C7H8ClN3O3. The monoisotopic (exact) mass is 217 g/mol. The van der Waals surface area contributed by atoms with E-state index in [4.69, 9.17) is 16.3 Å². The summed E-state index contributed by atoms with van der Waals surface area (Å²) in [7, 11) is 0. The molecule has 1 aromatic rings. The molecule has 1 aliphatic rings. The number of nitrogens with zero attached hydrogens (tertiary/aromatic N) is 3. The standard InChI is InChI=1S/C7H8ClN3O3/c8-7-9-6(11(12)13)3-10(7)2-1-5-4-14-5/h3,5H,1-2,4H2/t5-/m0/s1. The van der Waals surface area contributed by atoms with Crippen molar-refractivity contribution < 1.29 is 9.66 Å². The van der Waals surface area contributed by atoms with E-state index in [0.717, 1.165) is 13.0 Å². The van der Waals surface area contributed by atoms with Crippen LogP contribution in [-0.4, -0.2) is 27.2 Å². The van der Waals surface area contributed by atoms with Crippen molar-refractivity contribution in [2.45, 2.75) is 19.1 Å². The molecule has 76 valence electrons. The second kappa shape index (κ2) is 3.55. The quantitative estimate of drug-likeness (QED) is 0.432. The van der Waals surface area contributed by atoms with Crippen LogP contribution in [0.3, 0.4) is 0 Å². The molecule has 0 aliphatic carbocycles. The van der Waals surface area contributed by atoms with Crippen molar-refractivity contribution in [3.63, 3.8) is 0 Å². The molecule has 7 heteroatoms.